The predicted octanol–water partition coefficient (Wildman–Crippen LogP) is 3.07. The number of para-hydroxylation sites is 1. The van der Waals surface area contributed by atoms with Gasteiger partial charge in [-0.15, -0.1) is 0 Å². The maximum atomic E-state index is 13.3. The molecule has 6 nitrogen and oxygen atoms in total. The van der Waals surface area contributed by atoms with E-state index in [2.05, 4.69) is 38.1 Å². The molecule has 1 aliphatic heterocycles. The predicted molar refractivity (Wildman–Crippen MR) is 112 cm³/mol. The number of amides is 1. The molecule has 0 saturated heterocycles. The van der Waals surface area contributed by atoms with Gasteiger partial charge in [0.05, 0.1) is 12.1 Å². The second-order valence-corrected chi connectivity index (χ2v) is 7.31. The lowest BCUT2D eigenvalue weighted by Gasteiger charge is -2.22. The smallest absolute Gasteiger partial charge is 0.260 e. The van der Waals surface area contributed by atoms with E-state index >= 15 is 0 Å². The molecule has 0 bridgehead atoms. The number of nitrogens with one attached hydrogen (secondary N) is 1. The van der Waals surface area contributed by atoms with Crippen LogP contribution in [0.25, 0.3) is 0 Å². The molecule has 1 amide bonds. The van der Waals surface area contributed by atoms with Crippen molar-refractivity contribution in [2.24, 2.45) is 0 Å². The molecule has 0 aliphatic carbocycles. The topological polar surface area (TPSA) is 53.4 Å². The van der Waals surface area contributed by atoms with E-state index in [1.54, 1.807) is 6.20 Å². The fourth-order valence-corrected chi connectivity index (χ4v) is 3.46. The quantitative estimate of drug-likeness (QED) is 0.745. The summed E-state index contributed by atoms with van der Waals surface area (Å²) >= 11 is 0. The highest BCUT2D eigenvalue weighted by Crippen LogP contribution is 2.29. The molecule has 0 unspecified atom stereocenters. The maximum Gasteiger partial charge on any atom is 0.260 e. The van der Waals surface area contributed by atoms with E-state index in [4.69, 9.17) is 0 Å². The summed E-state index contributed by atoms with van der Waals surface area (Å²) in [5.74, 6) is 0.748. The molecule has 144 valence electrons. The number of carbonyl (C=O) groups excluding carboxylic acids is 1. The first-order chi connectivity index (χ1) is 13.6. The first-order valence-electron chi connectivity index (χ1n) is 9.50. The first-order valence-corrected chi connectivity index (χ1v) is 9.50. The molecule has 2 aromatic heterocycles. The van der Waals surface area contributed by atoms with Crippen LogP contribution in [0.15, 0.2) is 60.9 Å². The van der Waals surface area contributed by atoms with Gasteiger partial charge in [0.25, 0.3) is 5.91 Å². The van der Waals surface area contributed by atoms with Crippen molar-refractivity contribution in [3.8, 4) is 0 Å². The third kappa shape index (κ3) is 3.77. The van der Waals surface area contributed by atoms with Crippen molar-refractivity contribution in [1.29, 1.82) is 0 Å². The van der Waals surface area contributed by atoms with Crippen molar-refractivity contribution in [3.05, 3.63) is 77.7 Å². The molecule has 1 N–H and O–H groups in total. The Hall–Kier alpha value is -3.12. The van der Waals surface area contributed by atoms with Gasteiger partial charge in [-0.1, -0.05) is 18.2 Å². The Balaban J connectivity index is 1.57. The number of anilines is 2. The van der Waals surface area contributed by atoms with Crippen LogP contribution in [0.5, 0.6) is 0 Å². The molecule has 1 aliphatic rings. The van der Waals surface area contributed by atoms with Crippen molar-refractivity contribution < 1.29 is 4.79 Å². The summed E-state index contributed by atoms with van der Waals surface area (Å²) in [6.07, 6.45) is 3.72. The van der Waals surface area contributed by atoms with Gasteiger partial charge in [0.2, 0.25) is 0 Å². The molecular weight excluding hydrogens is 350 g/mol. The number of carbonyl (C=O) groups is 1. The van der Waals surface area contributed by atoms with Crippen LogP contribution in [-0.4, -0.2) is 47.5 Å². The summed E-state index contributed by atoms with van der Waals surface area (Å²) in [5, 5.41) is 3.28. The molecule has 28 heavy (non-hydrogen) atoms. The minimum absolute atomic E-state index is 0.0329. The van der Waals surface area contributed by atoms with Crippen LogP contribution >= 0.6 is 0 Å². The zero-order valence-electron chi connectivity index (χ0n) is 16.3. The third-order valence-corrected chi connectivity index (χ3v) is 4.99. The number of nitrogens with zero attached hydrogens (tertiary/aromatic N) is 4. The van der Waals surface area contributed by atoms with Gasteiger partial charge in [-0.25, -0.2) is 4.98 Å². The van der Waals surface area contributed by atoms with Gasteiger partial charge < -0.3 is 19.7 Å². The Morgan fingerprint density at radius 2 is 1.96 bits per heavy atom. The second kappa shape index (κ2) is 7.86. The van der Waals surface area contributed by atoms with Crippen LogP contribution in [0.2, 0.25) is 0 Å². The van der Waals surface area contributed by atoms with Crippen molar-refractivity contribution >= 4 is 17.4 Å². The summed E-state index contributed by atoms with van der Waals surface area (Å²) in [6.45, 7) is 3.05. The molecule has 3 heterocycles. The standard InChI is InChI=1S/C22H25N5O/c1-25(2)13-11-23-21-10-9-17(14-24-21)22(28)27-16-19-7-5-12-26(19)15-18-6-3-4-8-20(18)27/h3-10,12,14H,11,13,15-16H2,1-2H3,(H,23,24). The molecule has 3 aromatic rings. The van der Waals surface area contributed by atoms with Crippen molar-refractivity contribution in [2.45, 2.75) is 13.1 Å². The molecule has 0 saturated carbocycles. The number of hydrogen-bond donors (Lipinski definition) is 1. The Bertz CT molecular complexity index is 961. The molecule has 6 heteroatoms. The Morgan fingerprint density at radius 3 is 2.75 bits per heavy atom. The lowest BCUT2D eigenvalue weighted by Crippen LogP contribution is -2.30. The SMILES string of the molecule is CN(C)CCNc1ccc(C(=O)N2Cc3cccn3Cc3ccccc32)cn1. The van der Waals surface area contributed by atoms with E-state index in [1.165, 1.54) is 0 Å². The molecule has 0 radical (unpaired) electrons. The van der Waals surface area contributed by atoms with E-state index < -0.39 is 0 Å². The second-order valence-electron chi connectivity index (χ2n) is 7.31. The normalized spacial score (nSPS) is 13.0. The molecule has 1 aromatic carbocycles. The number of fused-ring (bicyclic) bond motifs is 2. The fraction of sp³-hybridized carbons (Fsp3) is 0.273. The number of likely N-dealkylation sites (N-methyl/N-ethyl adjacent to an activating group) is 1. The molecule has 0 fully saturated rings. The first kappa shape index (κ1) is 18.3. The van der Waals surface area contributed by atoms with Crippen LogP contribution in [0.3, 0.4) is 0 Å². The summed E-state index contributed by atoms with van der Waals surface area (Å²) < 4.78 is 2.20. The molecular formula is C22H25N5O. The average molecular weight is 375 g/mol. The average Bonchev–Trinajstić information content (AvgIpc) is 3.07. The van der Waals surface area contributed by atoms with Gasteiger partial charge in [-0.3, -0.25) is 4.79 Å². The van der Waals surface area contributed by atoms with Crippen LogP contribution in [-0.2, 0) is 13.1 Å². The van der Waals surface area contributed by atoms with E-state index in [0.29, 0.717) is 12.1 Å². The van der Waals surface area contributed by atoms with E-state index in [9.17, 15) is 4.79 Å². The Kier molecular flexibility index (Phi) is 5.12. The molecule has 0 spiro atoms. The molecule has 0 atom stereocenters. The highest BCUT2D eigenvalue weighted by molar-refractivity contribution is 6.06. The monoisotopic (exact) mass is 375 g/mol. The van der Waals surface area contributed by atoms with E-state index in [1.807, 2.05) is 55.4 Å². The highest BCUT2D eigenvalue weighted by Gasteiger charge is 2.24. The van der Waals surface area contributed by atoms with Crippen molar-refractivity contribution in [3.63, 3.8) is 0 Å². The minimum Gasteiger partial charge on any atom is -0.369 e. The summed E-state index contributed by atoms with van der Waals surface area (Å²) in [7, 11) is 4.07. The molecule has 4 rings (SSSR count). The van der Waals surface area contributed by atoms with Gasteiger partial charge in [0.15, 0.2) is 0 Å². The summed E-state index contributed by atoms with van der Waals surface area (Å²) in [5.41, 5.74) is 3.82. The van der Waals surface area contributed by atoms with Crippen LogP contribution in [0.4, 0.5) is 11.5 Å². The van der Waals surface area contributed by atoms with Gasteiger partial charge in [-0.05, 0) is 50.0 Å². The lowest BCUT2D eigenvalue weighted by atomic mass is 10.1. The highest BCUT2D eigenvalue weighted by atomic mass is 16.2. The number of pyridine rings is 1. The summed E-state index contributed by atoms with van der Waals surface area (Å²) in [4.78, 5) is 21.7. The van der Waals surface area contributed by atoms with Crippen LogP contribution in [0.1, 0.15) is 21.6 Å². The number of aromatic nitrogens is 2. The lowest BCUT2D eigenvalue weighted by molar-refractivity contribution is 0.0984. The zero-order valence-corrected chi connectivity index (χ0v) is 16.3. The van der Waals surface area contributed by atoms with E-state index in [0.717, 1.165) is 42.4 Å². The Labute approximate surface area is 165 Å². The van der Waals surface area contributed by atoms with Gasteiger partial charge in [0.1, 0.15) is 5.82 Å². The zero-order chi connectivity index (χ0) is 19.5. The third-order valence-electron chi connectivity index (χ3n) is 4.99. The van der Waals surface area contributed by atoms with Crippen molar-refractivity contribution in [1.82, 2.24) is 14.5 Å². The van der Waals surface area contributed by atoms with E-state index in [-0.39, 0.29) is 5.91 Å². The van der Waals surface area contributed by atoms with Crippen LogP contribution in [0, 0.1) is 0 Å². The largest absolute Gasteiger partial charge is 0.369 e. The minimum atomic E-state index is -0.0329. The van der Waals surface area contributed by atoms with Gasteiger partial charge in [0, 0.05) is 43.4 Å². The van der Waals surface area contributed by atoms with Crippen molar-refractivity contribution in [2.75, 3.05) is 37.4 Å². The number of benzene rings is 1. The van der Waals surface area contributed by atoms with Gasteiger partial charge >= 0.3 is 0 Å². The number of hydrogen-bond acceptors (Lipinski definition) is 4. The van der Waals surface area contributed by atoms with Gasteiger partial charge in [-0.2, -0.15) is 0 Å². The fourth-order valence-electron chi connectivity index (χ4n) is 3.46. The van der Waals surface area contributed by atoms with Crippen LogP contribution < -0.4 is 10.2 Å². The summed E-state index contributed by atoms with van der Waals surface area (Å²) in [6, 6.07) is 15.9. The number of rotatable bonds is 5. The maximum absolute atomic E-state index is 13.3. The Morgan fingerprint density at radius 1 is 1.11 bits per heavy atom.